The van der Waals surface area contributed by atoms with Crippen LogP contribution in [-0.4, -0.2) is 36.0 Å². The first-order chi connectivity index (χ1) is 7.28. The zero-order valence-electron chi connectivity index (χ0n) is 10.2. The molecule has 92 valence electrons. The van der Waals surface area contributed by atoms with Crippen LogP contribution in [0.3, 0.4) is 0 Å². The third kappa shape index (κ3) is 2.82. The van der Waals surface area contributed by atoms with Crippen LogP contribution in [0.1, 0.15) is 19.5 Å². The summed E-state index contributed by atoms with van der Waals surface area (Å²) in [5.41, 5.74) is 0.985. The van der Waals surface area contributed by atoms with E-state index in [1.807, 2.05) is 11.6 Å². The highest BCUT2D eigenvalue weighted by atomic mass is 32.2. The minimum Gasteiger partial charge on any atom is -0.332 e. The maximum Gasteiger partial charge on any atom is 0.154 e. The second-order valence-electron chi connectivity index (χ2n) is 4.58. The van der Waals surface area contributed by atoms with Gasteiger partial charge in [-0.05, 0) is 20.9 Å². The summed E-state index contributed by atoms with van der Waals surface area (Å²) in [6, 6.07) is 0. The largest absolute Gasteiger partial charge is 0.332 e. The van der Waals surface area contributed by atoms with Crippen molar-refractivity contribution in [1.82, 2.24) is 14.9 Å². The van der Waals surface area contributed by atoms with Crippen molar-refractivity contribution in [3.8, 4) is 0 Å². The lowest BCUT2D eigenvalue weighted by atomic mass is 10.2. The Kier molecular flexibility index (Phi) is 3.75. The molecule has 0 saturated carbocycles. The van der Waals surface area contributed by atoms with Gasteiger partial charge in [-0.3, -0.25) is 0 Å². The third-order valence-corrected chi connectivity index (χ3v) is 4.85. The molecule has 0 aliphatic carbocycles. The number of nitrogens with one attached hydrogen (secondary N) is 1. The quantitative estimate of drug-likeness (QED) is 0.817. The van der Waals surface area contributed by atoms with Gasteiger partial charge in [0.05, 0.1) is 16.8 Å². The fourth-order valence-corrected chi connectivity index (χ4v) is 1.72. The third-order valence-electron chi connectivity index (χ3n) is 2.71. The van der Waals surface area contributed by atoms with Gasteiger partial charge in [0, 0.05) is 25.5 Å². The summed E-state index contributed by atoms with van der Waals surface area (Å²) >= 11 is 0. The van der Waals surface area contributed by atoms with Gasteiger partial charge >= 0.3 is 0 Å². The average Bonchev–Trinajstić information content (AvgIpc) is 2.51. The van der Waals surface area contributed by atoms with E-state index in [-0.39, 0.29) is 0 Å². The van der Waals surface area contributed by atoms with Gasteiger partial charge in [0.25, 0.3) is 0 Å². The highest BCUT2D eigenvalue weighted by Gasteiger charge is 2.31. The molecule has 0 unspecified atom stereocenters. The van der Waals surface area contributed by atoms with Gasteiger partial charge in [-0.1, -0.05) is 0 Å². The molecule has 0 atom stereocenters. The Morgan fingerprint density at radius 2 is 2.12 bits per heavy atom. The number of imidazole rings is 1. The SMILES string of the molecule is CNCc1cncn1CC(C)(C)S(C)(=O)=O. The predicted molar refractivity (Wildman–Crippen MR) is 63.9 cm³/mol. The first kappa shape index (κ1) is 13.2. The lowest BCUT2D eigenvalue weighted by Gasteiger charge is -2.24. The topological polar surface area (TPSA) is 64.0 Å². The summed E-state index contributed by atoms with van der Waals surface area (Å²) in [5.74, 6) is 0. The molecule has 1 rings (SSSR count). The summed E-state index contributed by atoms with van der Waals surface area (Å²) < 4.78 is 24.3. The van der Waals surface area contributed by atoms with Crippen molar-refractivity contribution in [3.05, 3.63) is 18.2 Å². The van der Waals surface area contributed by atoms with Gasteiger partial charge in [-0.25, -0.2) is 13.4 Å². The minimum atomic E-state index is -3.08. The van der Waals surface area contributed by atoms with Gasteiger partial charge in [0.15, 0.2) is 9.84 Å². The number of rotatable bonds is 5. The van der Waals surface area contributed by atoms with Crippen molar-refractivity contribution in [2.75, 3.05) is 13.3 Å². The molecule has 0 fully saturated rings. The minimum absolute atomic E-state index is 0.419. The van der Waals surface area contributed by atoms with Crippen molar-refractivity contribution < 1.29 is 8.42 Å². The normalized spacial score (nSPS) is 13.0. The van der Waals surface area contributed by atoms with Gasteiger partial charge < -0.3 is 9.88 Å². The Balaban J connectivity index is 2.92. The molecular formula is C10H19N3O2S. The predicted octanol–water partition coefficient (Wildman–Crippen LogP) is 0.426. The van der Waals surface area contributed by atoms with E-state index in [0.29, 0.717) is 13.1 Å². The van der Waals surface area contributed by atoms with Crippen molar-refractivity contribution in [2.45, 2.75) is 31.7 Å². The molecule has 1 aromatic heterocycles. The molecule has 16 heavy (non-hydrogen) atoms. The van der Waals surface area contributed by atoms with Gasteiger partial charge in [-0.2, -0.15) is 0 Å². The van der Waals surface area contributed by atoms with Crippen LogP contribution in [0, 0.1) is 0 Å². The van der Waals surface area contributed by atoms with Crippen LogP contribution in [0.15, 0.2) is 12.5 Å². The fourth-order valence-electron chi connectivity index (χ4n) is 1.35. The Bertz CT molecular complexity index is 448. The molecule has 5 nitrogen and oxygen atoms in total. The molecule has 6 heteroatoms. The van der Waals surface area contributed by atoms with Crippen LogP contribution in [0.25, 0.3) is 0 Å². The molecule has 0 radical (unpaired) electrons. The van der Waals surface area contributed by atoms with E-state index in [2.05, 4.69) is 10.3 Å². The molecule has 0 amide bonds. The molecule has 0 aliphatic rings. The lowest BCUT2D eigenvalue weighted by Crippen LogP contribution is -2.36. The maximum atomic E-state index is 11.6. The molecule has 0 aromatic carbocycles. The van der Waals surface area contributed by atoms with Crippen molar-refractivity contribution in [1.29, 1.82) is 0 Å². The molecular weight excluding hydrogens is 226 g/mol. The maximum absolute atomic E-state index is 11.6. The second-order valence-corrected chi connectivity index (χ2v) is 7.22. The van der Waals surface area contributed by atoms with E-state index in [1.54, 1.807) is 26.4 Å². The van der Waals surface area contributed by atoms with Crippen LogP contribution in [0.4, 0.5) is 0 Å². The molecule has 0 saturated heterocycles. The van der Waals surface area contributed by atoms with Crippen LogP contribution in [-0.2, 0) is 22.9 Å². The highest BCUT2D eigenvalue weighted by Crippen LogP contribution is 2.18. The van der Waals surface area contributed by atoms with E-state index in [4.69, 9.17) is 0 Å². The fraction of sp³-hybridized carbons (Fsp3) is 0.700. The van der Waals surface area contributed by atoms with Gasteiger partial charge in [0.1, 0.15) is 0 Å². The zero-order valence-corrected chi connectivity index (χ0v) is 11.0. The summed E-state index contributed by atoms with van der Waals surface area (Å²) in [4.78, 5) is 4.04. The van der Waals surface area contributed by atoms with Crippen LogP contribution in [0.5, 0.6) is 0 Å². The van der Waals surface area contributed by atoms with Crippen LogP contribution >= 0.6 is 0 Å². The summed E-state index contributed by atoms with van der Waals surface area (Å²) in [6.07, 6.45) is 4.68. The summed E-state index contributed by atoms with van der Waals surface area (Å²) in [7, 11) is -1.23. The highest BCUT2D eigenvalue weighted by molar-refractivity contribution is 7.92. The van der Waals surface area contributed by atoms with E-state index < -0.39 is 14.6 Å². The Morgan fingerprint density at radius 1 is 1.50 bits per heavy atom. The lowest BCUT2D eigenvalue weighted by molar-refractivity contribution is 0.492. The number of hydrogen-bond donors (Lipinski definition) is 1. The van der Waals surface area contributed by atoms with Gasteiger partial charge in [0.2, 0.25) is 0 Å². The van der Waals surface area contributed by atoms with E-state index >= 15 is 0 Å². The molecule has 0 bridgehead atoms. The monoisotopic (exact) mass is 245 g/mol. The molecule has 1 N–H and O–H groups in total. The second kappa shape index (κ2) is 4.55. The standard InChI is InChI=1S/C10H19N3O2S/c1-10(2,16(4,14)15)7-13-8-12-6-9(13)5-11-3/h6,8,11H,5,7H2,1-4H3. The summed E-state index contributed by atoms with van der Waals surface area (Å²) in [5, 5.41) is 3.02. The molecule has 0 spiro atoms. The van der Waals surface area contributed by atoms with Crippen LogP contribution < -0.4 is 5.32 Å². The average molecular weight is 245 g/mol. The summed E-state index contributed by atoms with van der Waals surface area (Å²) in [6.45, 7) is 4.56. The zero-order chi connectivity index (χ0) is 12.4. The van der Waals surface area contributed by atoms with Gasteiger partial charge in [-0.15, -0.1) is 0 Å². The van der Waals surface area contributed by atoms with E-state index in [1.165, 1.54) is 6.26 Å². The first-order valence-electron chi connectivity index (χ1n) is 5.11. The van der Waals surface area contributed by atoms with E-state index in [9.17, 15) is 8.42 Å². The van der Waals surface area contributed by atoms with Crippen molar-refractivity contribution >= 4 is 9.84 Å². The number of hydrogen-bond acceptors (Lipinski definition) is 4. The molecule has 1 heterocycles. The number of nitrogens with zero attached hydrogens (tertiary/aromatic N) is 2. The van der Waals surface area contributed by atoms with Crippen molar-refractivity contribution in [2.24, 2.45) is 0 Å². The van der Waals surface area contributed by atoms with E-state index in [0.717, 1.165) is 5.69 Å². The molecule has 0 aliphatic heterocycles. The van der Waals surface area contributed by atoms with Crippen LogP contribution in [0.2, 0.25) is 0 Å². The number of sulfone groups is 1. The smallest absolute Gasteiger partial charge is 0.154 e. The Labute approximate surface area is 96.8 Å². The number of aromatic nitrogens is 2. The Hall–Kier alpha value is -0.880. The van der Waals surface area contributed by atoms with Crippen molar-refractivity contribution in [3.63, 3.8) is 0 Å². The first-order valence-corrected chi connectivity index (χ1v) is 7.00. The molecule has 1 aromatic rings. The Morgan fingerprint density at radius 3 is 2.62 bits per heavy atom.